The van der Waals surface area contributed by atoms with Gasteiger partial charge in [0.05, 0.1) is 0 Å². The smallest absolute Gasteiger partial charge is 0.0319 e. The number of benzene rings is 2. The largest absolute Gasteiger partial charge is 0.399 e. The molecule has 0 amide bonds. The number of nitrogen functional groups attached to an aromatic ring is 2. The summed E-state index contributed by atoms with van der Waals surface area (Å²) in [6.45, 7) is 4.48. The van der Waals surface area contributed by atoms with Crippen LogP contribution in [0.5, 0.6) is 0 Å². The summed E-state index contributed by atoms with van der Waals surface area (Å²) < 4.78 is 0. The van der Waals surface area contributed by atoms with Gasteiger partial charge in [0.25, 0.3) is 0 Å². The zero-order chi connectivity index (χ0) is 18.1. The van der Waals surface area contributed by atoms with Crippen molar-refractivity contribution in [2.75, 3.05) is 11.5 Å². The van der Waals surface area contributed by atoms with Crippen LogP contribution in [0.25, 0.3) is 0 Å². The Kier molecular flexibility index (Phi) is 7.84. The number of rotatable bonds is 10. The zero-order valence-corrected chi connectivity index (χ0v) is 16.0. The minimum Gasteiger partial charge on any atom is -0.399 e. The lowest BCUT2D eigenvalue weighted by Crippen LogP contribution is -1.98. The van der Waals surface area contributed by atoms with E-state index in [9.17, 15) is 0 Å². The molecular formula is C23H34N2. The number of anilines is 2. The summed E-state index contributed by atoms with van der Waals surface area (Å²) in [5.41, 5.74) is 19.3. The molecule has 0 aliphatic heterocycles. The first kappa shape index (κ1) is 19.4. The molecular weight excluding hydrogens is 304 g/mol. The SMILES string of the molecule is CCCCCc1cc(N)cc(Cc2cc(N)cc(CCCCC)c2)c1. The Hall–Kier alpha value is -1.96. The van der Waals surface area contributed by atoms with Crippen LogP contribution in [0.3, 0.4) is 0 Å². The van der Waals surface area contributed by atoms with Crippen molar-refractivity contribution in [3.05, 3.63) is 58.7 Å². The van der Waals surface area contributed by atoms with Gasteiger partial charge in [0, 0.05) is 11.4 Å². The van der Waals surface area contributed by atoms with Gasteiger partial charge in [0.15, 0.2) is 0 Å². The second-order valence-electron chi connectivity index (χ2n) is 7.26. The van der Waals surface area contributed by atoms with Gasteiger partial charge in [-0.15, -0.1) is 0 Å². The van der Waals surface area contributed by atoms with Crippen molar-refractivity contribution in [2.45, 2.75) is 71.6 Å². The van der Waals surface area contributed by atoms with Crippen LogP contribution in [0.15, 0.2) is 36.4 Å². The van der Waals surface area contributed by atoms with Gasteiger partial charge in [-0.1, -0.05) is 51.7 Å². The van der Waals surface area contributed by atoms with Gasteiger partial charge in [0.2, 0.25) is 0 Å². The number of nitrogens with two attached hydrogens (primary N) is 2. The maximum atomic E-state index is 6.13. The van der Waals surface area contributed by atoms with E-state index < -0.39 is 0 Å². The van der Waals surface area contributed by atoms with Gasteiger partial charge >= 0.3 is 0 Å². The van der Waals surface area contributed by atoms with Crippen molar-refractivity contribution in [2.24, 2.45) is 0 Å². The highest BCUT2D eigenvalue weighted by molar-refractivity contribution is 5.49. The van der Waals surface area contributed by atoms with E-state index in [0.29, 0.717) is 0 Å². The second kappa shape index (κ2) is 10.1. The number of aryl methyl sites for hydroxylation is 2. The van der Waals surface area contributed by atoms with Crippen molar-refractivity contribution in [3.8, 4) is 0 Å². The maximum Gasteiger partial charge on any atom is 0.0319 e. The lowest BCUT2D eigenvalue weighted by atomic mass is 9.97. The molecule has 0 saturated carbocycles. The molecule has 0 spiro atoms. The van der Waals surface area contributed by atoms with Crippen LogP contribution >= 0.6 is 0 Å². The van der Waals surface area contributed by atoms with Gasteiger partial charge in [0.1, 0.15) is 0 Å². The van der Waals surface area contributed by atoms with Crippen LogP contribution < -0.4 is 11.5 Å². The predicted octanol–water partition coefficient (Wildman–Crippen LogP) is 5.91. The van der Waals surface area contributed by atoms with E-state index in [4.69, 9.17) is 11.5 Å². The van der Waals surface area contributed by atoms with Crippen LogP contribution in [0.4, 0.5) is 11.4 Å². The van der Waals surface area contributed by atoms with Crippen molar-refractivity contribution in [1.82, 2.24) is 0 Å². The molecule has 0 unspecified atom stereocenters. The molecule has 2 heteroatoms. The molecule has 0 aliphatic rings. The van der Waals surface area contributed by atoms with Gasteiger partial charge in [-0.05, 0) is 78.6 Å². The second-order valence-corrected chi connectivity index (χ2v) is 7.26. The molecule has 4 N–H and O–H groups in total. The average molecular weight is 339 g/mol. The van der Waals surface area contributed by atoms with Gasteiger partial charge in [-0.25, -0.2) is 0 Å². The Labute approximate surface area is 153 Å². The highest BCUT2D eigenvalue weighted by atomic mass is 14.5. The van der Waals surface area contributed by atoms with Crippen molar-refractivity contribution in [1.29, 1.82) is 0 Å². The summed E-state index contributed by atoms with van der Waals surface area (Å²) in [4.78, 5) is 0. The predicted molar refractivity (Wildman–Crippen MR) is 111 cm³/mol. The molecule has 2 aromatic carbocycles. The Morgan fingerprint density at radius 2 is 0.960 bits per heavy atom. The van der Waals surface area contributed by atoms with Gasteiger partial charge in [-0.2, -0.15) is 0 Å². The van der Waals surface area contributed by atoms with E-state index in [2.05, 4.69) is 50.2 Å². The van der Waals surface area contributed by atoms with E-state index in [1.54, 1.807) is 0 Å². The molecule has 0 heterocycles. The third kappa shape index (κ3) is 6.81. The van der Waals surface area contributed by atoms with E-state index >= 15 is 0 Å². The van der Waals surface area contributed by atoms with Crippen LogP contribution in [-0.4, -0.2) is 0 Å². The molecule has 2 aromatic rings. The van der Waals surface area contributed by atoms with Crippen LogP contribution in [0.1, 0.15) is 74.6 Å². The van der Waals surface area contributed by atoms with E-state index in [1.807, 2.05) is 0 Å². The average Bonchev–Trinajstić information content (AvgIpc) is 2.54. The topological polar surface area (TPSA) is 52.0 Å². The van der Waals surface area contributed by atoms with Crippen LogP contribution in [0.2, 0.25) is 0 Å². The standard InChI is InChI=1S/C23H34N2/c1-3-5-7-9-18-11-20(16-22(24)14-18)13-21-12-19(10-8-6-4-2)15-23(25)17-21/h11-12,14-17H,3-10,13,24-25H2,1-2H3. The molecule has 0 aliphatic carbocycles. The molecule has 0 saturated heterocycles. The van der Waals surface area contributed by atoms with Crippen LogP contribution in [0, 0.1) is 0 Å². The molecule has 136 valence electrons. The Morgan fingerprint density at radius 1 is 0.560 bits per heavy atom. The first-order valence-electron chi connectivity index (χ1n) is 9.87. The summed E-state index contributed by atoms with van der Waals surface area (Å²) in [6, 6.07) is 13.1. The Bertz CT molecular complexity index is 604. The molecule has 0 bridgehead atoms. The van der Waals surface area contributed by atoms with E-state index in [0.717, 1.165) is 30.6 Å². The lowest BCUT2D eigenvalue weighted by Gasteiger charge is -2.10. The molecule has 2 rings (SSSR count). The number of hydrogen-bond acceptors (Lipinski definition) is 2. The first-order valence-corrected chi connectivity index (χ1v) is 9.87. The highest BCUT2D eigenvalue weighted by Crippen LogP contribution is 2.21. The van der Waals surface area contributed by atoms with E-state index in [1.165, 1.54) is 60.8 Å². The third-order valence-electron chi connectivity index (χ3n) is 4.70. The third-order valence-corrected chi connectivity index (χ3v) is 4.70. The fraction of sp³-hybridized carbons (Fsp3) is 0.478. The Balaban J connectivity index is 2.10. The molecule has 0 atom stereocenters. The quantitative estimate of drug-likeness (QED) is 0.418. The summed E-state index contributed by atoms with van der Waals surface area (Å²) in [7, 11) is 0. The van der Waals surface area contributed by atoms with Gasteiger partial charge in [-0.3, -0.25) is 0 Å². The lowest BCUT2D eigenvalue weighted by molar-refractivity contribution is 0.716. The minimum atomic E-state index is 0.871. The summed E-state index contributed by atoms with van der Waals surface area (Å²) >= 11 is 0. The summed E-state index contributed by atoms with van der Waals surface area (Å²) in [5.74, 6) is 0. The number of hydrogen-bond donors (Lipinski definition) is 2. The molecule has 2 nitrogen and oxygen atoms in total. The summed E-state index contributed by atoms with van der Waals surface area (Å²) in [6.07, 6.45) is 10.7. The van der Waals surface area contributed by atoms with E-state index in [-0.39, 0.29) is 0 Å². The molecule has 0 aromatic heterocycles. The fourth-order valence-electron chi connectivity index (χ4n) is 3.47. The highest BCUT2D eigenvalue weighted by Gasteiger charge is 2.04. The van der Waals surface area contributed by atoms with Crippen molar-refractivity contribution in [3.63, 3.8) is 0 Å². The van der Waals surface area contributed by atoms with Crippen molar-refractivity contribution < 1.29 is 0 Å². The first-order chi connectivity index (χ1) is 12.1. The van der Waals surface area contributed by atoms with Crippen LogP contribution in [-0.2, 0) is 19.3 Å². The van der Waals surface area contributed by atoms with Gasteiger partial charge < -0.3 is 11.5 Å². The maximum absolute atomic E-state index is 6.13. The van der Waals surface area contributed by atoms with Crippen molar-refractivity contribution >= 4 is 11.4 Å². The minimum absolute atomic E-state index is 0.871. The Morgan fingerprint density at radius 3 is 1.36 bits per heavy atom. The zero-order valence-electron chi connectivity index (χ0n) is 16.0. The molecule has 25 heavy (non-hydrogen) atoms. The monoisotopic (exact) mass is 338 g/mol. The molecule has 0 fully saturated rings. The fourth-order valence-corrected chi connectivity index (χ4v) is 3.47. The molecule has 0 radical (unpaired) electrons. The number of unbranched alkanes of at least 4 members (excludes halogenated alkanes) is 4. The normalized spacial score (nSPS) is 11.0. The summed E-state index contributed by atoms with van der Waals surface area (Å²) in [5, 5.41) is 0.